The smallest absolute Gasteiger partial charge is 0.00249 e. The van der Waals surface area contributed by atoms with Crippen LogP contribution in [-0.2, 0) is 5.41 Å². The lowest BCUT2D eigenvalue weighted by molar-refractivity contribution is 0.416. The maximum absolute atomic E-state index is 4.48. The van der Waals surface area contributed by atoms with Crippen LogP contribution in [0.3, 0.4) is 0 Å². The lowest BCUT2D eigenvalue weighted by Crippen LogP contribution is -2.23. The summed E-state index contributed by atoms with van der Waals surface area (Å²) in [5, 5.41) is 2.61. The van der Waals surface area contributed by atoms with E-state index in [0.717, 1.165) is 6.42 Å². The molecule has 0 saturated carbocycles. The van der Waals surface area contributed by atoms with Crippen molar-refractivity contribution in [1.82, 2.24) is 0 Å². The Morgan fingerprint density at radius 1 is 1.04 bits per heavy atom. The van der Waals surface area contributed by atoms with Crippen molar-refractivity contribution in [2.75, 3.05) is 0 Å². The van der Waals surface area contributed by atoms with E-state index in [0.29, 0.717) is 5.92 Å². The Kier molecular flexibility index (Phi) is 4.75. The Balaban J connectivity index is 1.84. The van der Waals surface area contributed by atoms with Gasteiger partial charge in [-0.1, -0.05) is 81.1 Å². The van der Waals surface area contributed by atoms with E-state index in [-0.39, 0.29) is 5.41 Å². The number of allylic oxidation sites excluding steroid dienone is 3. The number of hydrogen-bond donors (Lipinski definition) is 0. The number of hydrogen-bond acceptors (Lipinski definition) is 0. The van der Waals surface area contributed by atoms with Crippen molar-refractivity contribution in [1.29, 1.82) is 0 Å². The second-order valence-corrected chi connectivity index (χ2v) is 9.41. The minimum Gasteiger partial charge on any atom is -0.0949 e. The van der Waals surface area contributed by atoms with Gasteiger partial charge in [0.25, 0.3) is 0 Å². The maximum Gasteiger partial charge on any atom is -0.00249 e. The molecule has 0 heterocycles. The van der Waals surface area contributed by atoms with Crippen LogP contribution in [0, 0.1) is 5.92 Å². The zero-order valence-electron chi connectivity index (χ0n) is 16.2. The van der Waals surface area contributed by atoms with Gasteiger partial charge in [0, 0.05) is 0 Å². The van der Waals surface area contributed by atoms with Crippen molar-refractivity contribution in [3.05, 3.63) is 88.0 Å². The molecular weight excluding hydrogens is 439 g/mol. The fraction of sp³-hybridized carbons (Fsp3) is 0.231. The van der Waals surface area contributed by atoms with Crippen molar-refractivity contribution in [2.45, 2.75) is 32.6 Å². The Morgan fingerprint density at radius 2 is 1.78 bits per heavy atom. The number of benzene rings is 3. The zero-order valence-corrected chi connectivity index (χ0v) is 18.4. The van der Waals surface area contributed by atoms with Crippen LogP contribution >= 0.6 is 22.6 Å². The van der Waals surface area contributed by atoms with Crippen molar-refractivity contribution in [3.63, 3.8) is 0 Å². The van der Waals surface area contributed by atoms with E-state index in [1.54, 1.807) is 0 Å². The largest absolute Gasteiger partial charge is 0.0949 e. The van der Waals surface area contributed by atoms with E-state index >= 15 is 0 Å². The van der Waals surface area contributed by atoms with Gasteiger partial charge in [0.1, 0.15) is 0 Å². The molecule has 0 aliphatic heterocycles. The average molecular weight is 464 g/mol. The molecule has 0 bridgehead atoms. The maximum atomic E-state index is 4.48. The summed E-state index contributed by atoms with van der Waals surface area (Å²) in [4.78, 5) is 0. The average Bonchev–Trinajstić information content (AvgIpc) is 2.87. The summed E-state index contributed by atoms with van der Waals surface area (Å²) < 4.78 is 1.41. The normalized spacial score (nSPS) is 18.7. The molecule has 0 aromatic heterocycles. The lowest BCUT2D eigenvalue weighted by atomic mass is 9.75. The molecule has 1 atom stereocenters. The fourth-order valence-electron chi connectivity index (χ4n) is 4.50. The molecule has 27 heavy (non-hydrogen) atoms. The first kappa shape index (κ1) is 18.5. The van der Waals surface area contributed by atoms with Crippen molar-refractivity contribution >= 4 is 38.9 Å². The first-order chi connectivity index (χ1) is 12.9. The highest BCUT2D eigenvalue weighted by Gasteiger charge is 2.42. The number of fused-ring (bicyclic) bond motifs is 2. The molecule has 0 spiro atoms. The van der Waals surface area contributed by atoms with E-state index in [9.17, 15) is 0 Å². The third-order valence-corrected chi connectivity index (χ3v) is 7.23. The van der Waals surface area contributed by atoms with Gasteiger partial charge in [0.15, 0.2) is 0 Å². The van der Waals surface area contributed by atoms with Gasteiger partial charge in [-0.15, -0.1) is 0 Å². The molecule has 3 aromatic carbocycles. The molecule has 136 valence electrons. The van der Waals surface area contributed by atoms with Crippen LogP contribution in [-0.4, -0.2) is 0 Å². The van der Waals surface area contributed by atoms with Gasteiger partial charge in [0.2, 0.25) is 0 Å². The molecule has 1 heteroatoms. The van der Waals surface area contributed by atoms with Crippen LogP contribution in [0.25, 0.3) is 27.5 Å². The van der Waals surface area contributed by atoms with E-state index in [2.05, 4.69) is 117 Å². The highest BCUT2D eigenvalue weighted by Crippen LogP contribution is 2.53. The third kappa shape index (κ3) is 3.06. The summed E-state index contributed by atoms with van der Waals surface area (Å²) in [6.45, 7) is 11.4. The van der Waals surface area contributed by atoms with Crippen molar-refractivity contribution < 1.29 is 0 Å². The molecule has 0 radical (unpaired) electrons. The fourth-order valence-corrected chi connectivity index (χ4v) is 4.94. The molecule has 4 rings (SSSR count). The predicted octanol–water partition coefficient (Wildman–Crippen LogP) is 8.16. The van der Waals surface area contributed by atoms with Gasteiger partial charge in [-0.2, -0.15) is 0 Å². The first-order valence-electron chi connectivity index (χ1n) is 9.56. The van der Waals surface area contributed by atoms with Gasteiger partial charge >= 0.3 is 0 Å². The number of halogens is 1. The van der Waals surface area contributed by atoms with Gasteiger partial charge in [0.05, 0.1) is 0 Å². The Bertz CT molecular complexity index is 1060. The van der Waals surface area contributed by atoms with Gasteiger partial charge in [-0.05, 0) is 95.5 Å². The van der Waals surface area contributed by atoms with Crippen LogP contribution in [0.5, 0.6) is 0 Å². The molecule has 0 N–H and O–H groups in total. The van der Waals surface area contributed by atoms with Gasteiger partial charge in [-0.25, -0.2) is 0 Å². The first-order valence-corrected chi connectivity index (χ1v) is 10.6. The van der Waals surface area contributed by atoms with E-state index in [4.69, 9.17) is 0 Å². The monoisotopic (exact) mass is 464 g/mol. The van der Waals surface area contributed by atoms with Gasteiger partial charge in [-0.3, -0.25) is 0 Å². The molecular formula is C26H25I. The molecule has 0 saturated heterocycles. The number of rotatable bonds is 3. The summed E-state index contributed by atoms with van der Waals surface area (Å²) in [6, 6.07) is 22.2. The second kappa shape index (κ2) is 6.94. The summed E-state index contributed by atoms with van der Waals surface area (Å²) in [5.74, 6) is 0.457. The van der Waals surface area contributed by atoms with Crippen LogP contribution in [0.1, 0.15) is 38.3 Å². The van der Waals surface area contributed by atoms with Crippen LogP contribution in [0.15, 0.2) is 76.9 Å². The Labute approximate surface area is 176 Å². The molecule has 3 aromatic rings. The second-order valence-electron chi connectivity index (χ2n) is 8.03. The Morgan fingerprint density at radius 3 is 2.56 bits per heavy atom. The molecule has 1 unspecified atom stereocenters. The SMILES string of the molecule is C=C1c2ccc(-c3cccc4ccccc34)cc2C(C)(C)C1C/C(I)=C\C. The van der Waals surface area contributed by atoms with Crippen LogP contribution in [0.2, 0.25) is 0 Å². The quantitative estimate of drug-likeness (QED) is 0.343. The summed E-state index contributed by atoms with van der Waals surface area (Å²) >= 11 is 2.47. The highest BCUT2D eigenvalue weighted by atomic mass is 127. The zero-order chi connectivity index (χ0) is 19.2. The third-order valence-electron chi connectivity index (χ3n) is 6.16. The van der Waals surface area contributed by atoms with Crippen molar-refractivity contribution in [2.24, 2.45) is 5.92 Å². The lowest BCUT2D eigenvalue weighted by Gasteiger charge is -2.29. The summed E-state index contributed by atoms with van der Waals surface area (Å²) in [6.07, 6.45) is 3.29. The van der Waals surface area contributed by atoms with Crippen LogP contribution in [0.4, 0.5) is 0 Å². The van der Waals surface area contributed by atoms with Gasteiger partial charge < -0.3 is 0 Å². The predicted molar refractivity (Wildman–Crippen MR) is 127 cm³/mol. The summed E-state index contributed by atoms with van der Waals surface area (Å²) in [7, 11) is 0. The molecule has 0 nitrogen and oxygen atoms in total. The minimum atomic E-state index is 0.0897. The van der Waals surface area contributed by atoms with Crippen molar-refractivity contribution in [3.8, 4) is 11.1 Å². The topological polar surface area (TPSA) is 0 Å². The standard InChI is InChI=1S/C26H25I/c1-5-20(27)16-24-17(2)21-14-13-19(15-25(21)26(24,3)4)23-12-8-10-18-9-6-7-11-22(18)23/h5-15,24H,2,16H2,1,3-4H3/b20-5+. The summed E-state index contributed by atoms with van der Waals surface area (Å²) in [5.41, 5.74) is 6.76. The Hall–Kier alpha value is -1.87. The highest BCUT2D eigenvalue weighted by molar-refractivity contribution is 14.1. The van der Waals surface area contributed by atoms with E-state index in [1.165, 1.54) is 42.2 Å². The molecule has 1 aliphatic carbocycles. The van der Waals surface area contributed by atoms with Crippen LogP contribution < -0.4 is 0 Å². The van der Waals surface area contributed by atoms with E-state index in [1.807, 2.05) is 0 Å². The van der Waals surface area contributed by atoms with E-state index < -0.39 is 0 Å². The molecule has 0 amide bonds. The molecule has 1 aliphatic rings. The minimum absolute atomic E-state index is 0.0897. The molecule has 0 fully saturated rings.